The van der Waals surface area contributed by atoms with E-state index in [1.54, 1.807) is 18.2 Å². The smallest absolute Gasteiger partial charge is 0.251 e. The molecule has 0 spiro atoms. The van der Waals surface area contributed by atoms with E-state index in [1.807, 2.05) is 13.8 Å². The average Bonchev–Trinajstić information content (AvgIpc) is 3.10. The highest BCUT2D eigenvalue weighted by molar-refractivity contribution is 5.94. The number of hydrogen-bond acceptors (Lipinski definition) is 4. The highest BCUT2D eigenvalue weighted by atomic mass is 16.5. The summed E-state index contributed by atoms with van der Waals surface area (Å²) in [4.78, 5) is 14.8. The van der Waals surface area contributed by atoms with Crippen LogP contribution in [0.3, 0.4) is 0 Å². The average molecular weight is 368 g/mol. The molecule has 0 unspecified atom stereocenters. The minimum atomic E-state index is -0.0826. The fraction of sp³-hybridized carbons (Fsp3) is 0.409. The van der Waals surface area contributed by atoms with Gasteiger partial charge in [0.25, 0.3) is 5.91 Å². The van der Waals surface area contributed by atoms with Crippen molar-refractivity contribution in [1.29, 1.82) is 0 Å². The summed E-state index contributed by atoms with van der Waals surface area (Å²) < 4.78 is 11.1. The van der Waals surface area contributed by atoms with Crippen molar-refractivity contribution in [2.75, 3.05) is 37.7 Å². The van der Waals surface area contributed by atoms with E-state index >= 15 is 0 Å². The summed E-state index contributed by atoms with van der Waals surface area (Å²) in [6.07, 6.45) is 2.02. The molecule has 0 saturated carbocycles. The van der Waals surface area contributed by atoms with Crippen molar-refractivity contribution in [2.24, 2.45) is 0 Å². The third kappa shape index (κ3) is 4.73. The summed E-state index contributed by atoms with van der Waals surface area (Å²) in [6.45, 7) is 7.59. The predicted molar refractivity (Wildman–Crippen MR) is 108 cm³/mol. The Labute approximate surface area is 161 Å². The van der Waals surface area contributed by atoms with Gasteiger partial charge in [0.05, 0.1) is 13.2 Å². The largest absolute Gasteiger partial charge is 0.490 e. The van der Waals surface area contributed by atoms with Crippen molar-refractivity contribution in [3.8, 4) is 11.5 Å². The Kier molecular flexibility index (Phi) is 6.58. The Bertz CT molecular complexity index is 776. The fourth-order valence-electron chi connectivity index (χ4n) is 3.41. The number of hydrogen-bond donors (Lipinski definition) is 1. The zero-order chi connectivity index (χ0) is 19.1. The van der Waals surface area contributed by atoms with Gasteiger partial charge in [0, 0.05) is 30.9 Å². The van der Waals surface area contributed by atoms with Gasteiger partial charge in [-0.2, -0.15) is 0 Å². The summed E-state index contributed by atoms with van der Waals surface area (Å²) in [7, 11) is 0. The normalized spacial score (nSPS) is 12.6. The van der Waals surface area contributed by atoms with Crippen LogP contribution in [0.25, 0.3) is 0 Å². The number of nitrogens with one attached hydrogen (secondary N) is 1. The first-order valence-electron chi connectivity index (χ1n) is 9.73. The van der Waals surface area contributed by atoms with E-state index < -0.39 is 0 Å². The molecule has 0 atom stereocenters. The Balaban J connectivity index is 1.50. The molecule has 5 nitrogen and oxygen atoms in total. The lowest BCUT2D eigenvalue weighted by molar-refractivity contribution is 0.0953. The first-order valence-corrected chi connectivity index (χ1v) is 9.73. The van der Waals surface area contributed by atoms with Gasteiger partial charge in [0.2, 0.25) is 0 Å². The molecule has 2 aromatic carbocycles. The maximum atomic E-state index is 12.4. The monoisotopic (exact) mass is 368 g/mol. The fourth-order valence-corrected chi connectivity index (χ4v) is 3.41. The molecular weight excluding hydrogens is 340 g/mol. The Morgan fingerprint density at radius 2 is 1.85 bits per heavy atom. The lowest BCUT2D eigenvalue weighted by atomic mass is 10.2. The molecule has 3 rings (SSSR count). The van der Waals surface area contributed by atoms with E-state index in [9.17, 15) is 4.79 Å². The molecule has 144 valence electrons. The topological polar surface area (TPSA) is 50.8 Å². The van der Waals surface area contributed by atoms with Crippen LogP contribution in [0.4, 0.5) is 5.69 Å². The van der Waals surface area contributed by atoms with Crippen LogP contribution in [0.2, 0.25) is 0 Å². The highest BCUT2D eigenvalue weighted by Gasteiger charge is 2.17. The molecule has 1 heterocycles. The van der Waals surface area contributed by atoms with Crippen LogP contribution in [0.5, 0.6) is 11.5 Å². The number of carbonyl (C=O) groups excluding carboxylic acids is 1. The van der Waals surface area contributed by atoms with Crippen LogP contribution in [-0.2, 0) is 6.42 Å². The summed E-state index contributed by atoms with van der Waals surface area (Å²) in [5.74, 6) is 1.20. The van der Waals surface area contributed by atoms with Crippen molar-refractivity contribution in [1.82, 2.24) is 5.32 Å². The van der Waals surface area contributed by atoms with Gasteiger partial charge in [-0.3, -0.25) is 4.79 Å². The van der Waals surface area contributed by atoms with Crippen LogP contribution < -0.4 is 19.7 Å². The number of carbonyl (C=O) groups is 1. The third-order valence-electron chi connectivity index (χ3n) is 4.68. The van der Waals surface area contributed by atoms with Crippen molar-refractivity contribution in [2.45, 2.75) is 26.7 Å². The van der Waals surface area contributed by atoms with Crippen LogP contribution >= 0.6 is 0 Å². The summed E-state index contributed by atoms with van der Waals surface area (Å²) >= 11 is 0. The first-order chi connectivity index (χ1) is 13.2. The van der Waals surface area contributed by atoms with Gasteiger partial charge in [-0.1, -0.05) is 18.2 Å². The van der Waals surface area contributed by atoms with Gasteiger partial charge in [0.1, 0.15) is 0 Å². The Morgan fingerprint density at radius 3 is 2.67 bits per heavy atom. The van der Waals surface area contributed by atoms with Gasteiger partial charge in [0.15, 0.2) is 11.5 Å². The number of rotatable bonds is 9. The number of anilines is 1. The number of nitrogens with zero attached hydrogens (tertiary/aromatic N) is 1. The molecule has 0 radical (unpaired) electrons. The van der Waals surface area contributed by atoms with Crippen molar-refractivity contribution in [3.63, 3.8) is 0 Å². The molecule has 0 fully saturated rings. The summed E-state index contributed by atoms with van der Waals surface area (Å²) in [5, 5.41) is 3.01. The standard InChI is InChI=1S/C22H28N2O3/c1-3-26-20-11-10-18(16-21(20)27-4-2)22(25)23-13-7-14-24-15-12-17-8-5-6-9-19(17)24/h5-6,8-11,16H,3-4,7,12-15H2,1-2H3,(H,23,25). The maximum absolute atomic E-state index is 12.4. The molecule has 0 aromatic heterocycles. The quantitative estimate of drug-likeness (QED) is 0.686. The first kappa shape index (κ1) is 19.1. The van der Waals surface area contributed by atoms with E-state index in [0.717, 1.165) is 25.9 Å². The predicted octanol–water partition coefficient (Wildman–Crippen LogP) is 3.67. The second-order valence-electron chi connectivity index (χ2n) is 6.50. The zero-order valence-electron chi connectivity index (χ0n) is 16.2. The van der Waals surface area contributed by atoms with Gasteiger partial charge in [-0.15, -0.1) is 0 Å². The van der Waals surface area contributed by atoms with Crippen molar-refractivity contribution >= 4 is 11.6 Å². The van der Waals surface area contributed by atoms with Crippen LogP contribution in [-0.4, -0.2) is 38.8 Å². The molecule has 5 heteroatoms. The third-order valence-corrected chi connectivity index (χ3v) is 4.68. The Morgan fingerprint density at radius 1 is 1.07 bits per heavy atom. The second-order valence-corrected chi connectivity index (χ2v) is 6.50. The molecule has 0 aliphatic carbocycles. The maximum Gasteiger partial charge on any atom is 0.251 e. The van der Waals surface area contributed by atoms with Crippen LogP contribution in [0.1, 0.15) is 36.2 Å². The lowest BCUT2D eigenvalue weighted by Crippen LogP contribution is -2.29. The molecule has 27 heavy (non-hydrogen) atoms. The van der Waals surface area contributed by atoms with E-state index in [2.05, 4.69) is 34.5 Å². The lowest BCUT2D eigenvalue weighted by Gasteiger charge is -2.19. The van der Waals surface area contributed by atoms with Crippen molar-refractivity contribution in [3.05, 3.63) is 53.6 Å². The number of amides is 1. The van der Waals surface area contributed by atoms with Gasteiger partial charge < -0.3 is 19.7 Å². The van der Waals surface area contributed by atoms with Gasteiger partial charge in [-0.25, -0.2) is 0 Å². The van der Waals surface area contributed by atoms with Crippen LogP contribution in [0, 0.1) is 0 Å². The highest BCUT2D eigenvalue weighted by Crippen LogP contribution is 2.29. The second kappa shape index (κ2) is 9.31. The summed E-state index contributed by atoms with van der Waals surface area (Å²) in [5.41, 5.74) is 3.34. The minimum absolute atomic E-state index is 0.0826. The molecule has 0 bridgehead atoms. The zero-order valence-corrected chi connectivity index (χ0v) is 16.2. The molecule has 0 saturated heterocycles. The van der Waals surface area contributed by atoms with E-state index in [4.69, 9.17) is 9.47 Å². The Hall–Kier alpha value is -2.69. The molecule has 1 amide bonds. The molecule has 1 aliphatic heterocycles. The van der Waals surface area contributed by atoms with E-state index in [1.165, 1.54) is 11.3 Å². The number of para-hydroxylation sites is 1. The number of ether oxygens (including phenoxy) is 2. The van der Waals surface area contributed by atoms with E-state index in [-0.39, 0.29) is 5.91 Å². The van der Waals surface area contributed by atoms with Crippen molar-refractivity contribution < 1.29 is 14.3 Å². The SMILES string of the molecule is CCOc1ccc(C(=O)NCCCN2CCc3ccccc32)cc1OCC. The van der Waals surface area contributed by atoms with E-state index in [0.29, 0.717) is 36.8 Å². The molecule has 1 N–H and O–H groups in total. The molecule has 1 aliphatic rings. The van der Waals surface area contributed by atoms with Crippen LogP contribution in [0.15, 0.2) is 42.5 Å². The van der Waals surface area contributed by atoms with Gasteiger partial charge in [-0.05, 0) is 56.5 Å². The van der Waals surface area contributed by atoms with Gasteiger partial charge >= 0.3 is 0 Å². The number of fused-ring (bicyclic) bond motifs is 1. The summed E-state index contributed by atoms with van der Waals surface area (Å²) in [6, 6.07) is 13.9. The molecular formula is C22H28N2O3. The molecule has 2 aromatic rings. The number of benzene rings is 2. The minimum Gasteiger partial charge on any atom is -0.490 e.